The minimum atomic E-state index is -0.812. The Morgan fingerprint density at radius 1 is 0.981 bits per heavy atom. The molecule has 14 heteroatoms. The minimum absolute atomic E-state index is 0.144. The lowest BCUT2D eigenvalue weighted by atomic mass is 9.81. The average molecular weight is 724 g/mol. The number of tetrazole rings is 1. The molecule has 1 saturated carbocycles. The third kappa shape index (κ3) is 10.4. The van der Waals surface area contributed by atoms with Gasteiger partial charge in [-0.1, -0.05) is 24.3 Å². The lowest BCUT2D eigenvalue weighted by molar-refractivity contribution is -0.130. The van der Waals surface area contributed by atoms with Gasteiger partial charge >= 0.3 is 6.09 Å². The fourth-order valence-electron chi connectivity index (χ4n) is 6.75. The number of pyridine rings is 1. The van der Waals surface area contributed by atoms with Crippen molar-refractivity contribution in [2.45, 2.75) is 71.4 Å². The molecule has 4 aromatic rings. The number of alkyl carbamates (subject to hydrolysis) is 1. The van der Waals surface area contributed by atoms with E-state index in [1.165, 1.54) is 0 Å². The van der Waals surface area contributed by atoms with Crippen LogP contribution in [0.25, 0.3) is 22.5 Å². The van der Waals surface area contributed by atoms with Crippen molar-refractivity contribution in [2.75, 3.05) is 43.1 Å². The topological polar surface area (TPSA) is 176 Å². The van der Waals surface area contributed by atoms with E-state index in [0.717, 1.165) is 59.6 Å². The molecule has 1 aliphatic carbocycles. The molecule has 0 spiro atoms. The van der Waals surface area contributed by atoms with E-state index in [1.807, 2.05) is 51.2 Å². The maximum atomic E-state index is 13.8. The third-order valence-corrected chi connectivity index (χ3v) is 9.68. The average Bonchev–Trinajstić information content (AvgIpc) is 3.70. The number of aromatic amines is 1. The number of hydrogen-bond donors (Lipinski definition) is 4. The van der Waals surface area contributed by atoms with E-state index in [1.54, 1.807) is 24.3 Å². The van der Waals surface area contributed by atoms with Crippen LogP contribution in [0.2, 0.25) is 0 Å². The van der Waals surface area contributed by atoms with Gasteiger partial charge in [0.25, 0.3) is 0 Å². The second kappa shape index (κ2) is 17.0. The van der Waals surface area contributed by atoms with Gasteiger partial charge in [0.2, 0.25) is 17.6 Å². The van der Waals surface area contributed by atoms with Gasteiger partial charge in [0.15, 0.2) is 0 Å². The summed E-state index contributed by atoms with van der Waals surface area (Å²) in [6, 6.07) is 16.5. The van der Waals surface area contributed by atoms with Gasteiger partial charge in [-0.05, 0) is 112 Å². The number of amides is 3. The highest BCUT2D eigenvalue weighted by molar-refractivity contribution is 5.97. The number of morpholine rings is 1. The molecule has 0 radical (unpaired) electrons. The van der Waals surface area contributed by atoms with Gasteiger partial charge in [-0.3, -0.25) is 9.59 Å². The maximum Gasteiger partial charge on any atom is 0.407 e. The molecule has 3 heterocycles. The SMILES string of the molecule is Cc1cc(N2CCOCC2)ncc1-c1ccc(CC(NC(=O)C2CCC(CNC(=O)OC(C)(C)C)CC2)C(=O)Nc2ccc(-c3nn[nH]n3)cc2)cc1. The van der Waals surface area contributed by atoms with Crippen molar-refractivity contribution >= 4 is 29.4 Å². The number of carbonyl (C=O) groups is 3. The number of hydrogen-bond acceptors (Lipinski definition) is 10. The molecule has 53 heavy (non-hydrogen) atoms. The van der Waals surface area contributed by atoms with Gasteiger partial charge in [-0.15, -0.1) is 10.2 Å². The zero-order valence-corrected chi connectivity index (χ0v) is 30.9. The second-order valence-electron chi connectivity index (χ2n) is 14.8. The van der Waals surface area contributed by atoms with Crippen LogP contribution in [0.15, 0.2) is 60.8 Å². The Morgan fingerprint density at radius 3 is 2.32 bits per heavy atom. The third-order valence-electron chi connectivity index (χ3n) is 9.68. The van der Waals surface area contributed by atoms with Gasteiger partial charge in [0.05, 0.1) is 13.2 Å². The number of H-pyrrole nitrogens is 1. The highest BCUT2D eigenvalue weighted by Gasteiger charge is 2.30. The molecule has 4 N–H and O–H groups in total. The van der Waals surface area contributed by atoms with Crippen molar-refractivity contribution in [3.63, 3.8) is 0 Å². The van der Waals surface area contributed by atoms with Crippen LogP contribution in [-0.2, 0) is 25.5 Å². The number of ether oxygens (including phenoxy) is 2. The predicted octanol–water partition coefficient (Wildman–Crippen LogP) is 5.07. The van der Waals surface area contributed by atoms with E-state index >= 15 is 0 Å². The lowest BCUT2D eigenvalue weighted by Gasteiger charge is -2.29. The van der Waals surface area contributed by atoms with E-state index < -0.39 is 17.7 Å². The number of anilines is 2. The molecule has 0 bridgehead atoms. The molecule has 2 aliphatic rings. The van der Waals surface area contributed by atoms with Gasteiger partial charge < -0.3 is 30.3 Å². The summed E-state index contributed by atoms with van der Waals surface area (Å²) < 4.78 is 10.8. The molecule has 280 valence electrons. The number of aryl methyl sites for hydroxylation is 1. The summed E-state index contributed by atoms with van der Waals surface area (Å²) in [5.41, 5.74) is 4.87. The standard InChI is InChI=1S/C39H49N9O5/c1-25-21-34(48-17-19-52-20-18-48)40-24-32(25)28-9-5-26(6-10-28)22-33(37(50)42-31-15-13-29(14-16-31)35-44-46-47-45-35)43-36(49)30-11-7-27(8-12-30)23-41-38(51)53-39(2,3)4/h5-6,9-10,13-16,21,24,27,30,33H,7-8,11-12,17-20,22-23H2,1-4H3,(H,41,51)(H,42,50)(H,43,49)(H,44,45,46,47). The van der Waals surface area contributed by atoms with Crippen LogP contribution in [0.4, 0.5) is 16.3 Å². The Labute approximate surface area is 309 Å². The first-order valence-electron chi connectivity index (χ1n) is 18.3. The van der Waals surface area contributed by atoms with E-state index in [4.69, 9.17) is 14.5 Å². The summed E-state index contributed by atoms with van der Waals surface area (Å²) in [7, 11) is 0. The summed E-state index contributed by atoms with van der Waals surface area (Å²) in [4.78, 5) is 46.6. The molecule has 6 rings (SSSR count). The molecule has 1 aliphatic heterocycles. The van der Waals surface area contributed by atoms with E-state index in [-0.39, 0.29) is 23.7 Å². The monoisotopic (exact) mass is 723 g/mol. The first-order chi connectivity index (χ1) is 25.5. The zero-order valence-electron chi connectivity index (χ0n) is 30.9. The first kappa shape index (κ1) is 37.4. The highest BCUT2D eigenvalue weighted by Crippen LogP contribution is 2.30. The van der Waals surface area contributed by atoms with Crippen LogP contribution < -0.4 is 20.9 Å². The van der Waals surface area contributed by atoms with Crippen molar-refractivity contribution in [3.8, 4) is 22.5 Å². The van der Waals surface area contributed by atoms with E-state index in [0.29, 0.717) is 50.5 Å². The Hall–Kier alpha value is -5.37. The largest absolute Gasteiger partial charge is 0.444 e. The minimum Gasteiger partial charge on any atom is -0.444 e. The van der Waals surface area contributed by atoms with Crippen molar-refractivity contribution < 1.29 is 23.9 Å². The molecule has 1 unspecified atom stereocenters. The molecule has 3 amide bonds. The zero-order chi connectivity index (χ0) is 37.4. The fraction of sp³-hybridized carbons (Fsp3) is 0.462. The van der Waals surface area contributed by atoms with Crippen molar-refractivity contribution in [1.82, 2.24) is 36.2 Å². The Balaban J connectivity index is 1.11. The Kier molecular flexibility index (Phi) is 12.0. The van der Waals surface area contributed by atoms with Crippen LogP contribution in [0.3, 0.4) is 0 Å². The first-order valence-corrected chi connectivity index (χ1v) is 18.3. The molecular formula is C39H49N9O5. The number of carbonyl (C=O) groups excluding carboxylic acids is 3. The number of nitrogens with one attached hydrogen (secondary N) is 4. The highest BCUT2D eigenvalue weighted by atomic mass is 16.6. The molecule has 2 fully saturated rings. The summed E-state index contributed by atoms with van der Waals surface area (Å²) in [6.07, 6.45) is 4.72. The lowest BCUT2D eigenvalue weighted by Crippen LogP contribution is -2.48. The molecule has 2 aromatic heterocycles. The maximum absolute atomic E-state index is 13.8. The van der Waals surface area contributed by atoms with Gasteiger partial charge in [-0.25, -0.2) is 9.78 Å². The Morgan fingerprint density at radius 2 is 1.68 bits per heavy atom. The van der Waals surface area contributed by atoms with Crippen LogP contribution in [-0.4, -0.2) is 88.0 Å². The van der Waals surface area contributed by atoms with Gasteiger partial charge in [0.1, 0.15) is 17.5 Å². The van der Waals surface area contributed by atoms with E-state index in [2.05, 4.69) is 54.5 Å². The summed E-state index contributed by atoms with van der Waals surface area (Å²) >= 11 is 0. The summed E-state index contributed by atoms with van der Waals surface area (Å²) in [5.74, 6) is 0.972. The number of nitrogens with zero attached hydrogens (tertiary/aromatic N) is 5. The summed E-state index contributed by atoms with van der Waals surface area (Å²) in [5, 5.41) is 23.0. The quantitative estimate of drug-likeness (QED) is 0.163. The number of rotatable bonds is 11. The smallest absolute Gasteiger partial charge is 0.407 e. The Bertz CT molecular complexity index is 1830. The fourth-order valence-corrected chi connectivity index (χ4v) is 6.75. The molecule has 1 atom stereocenters. The van der Waals surface area contributed by atoms with E-state index in [9.17, 15) is 14.4 Å². The van der Waals surface area contributed by atoms with Crippen LogP contribution in [0, 0.1) is 18.8 Å². The van der Waals surface area contributed by atoms with Crippen molar-refractivity contribution in [3.05, 3.63) is 71.9 Å². The van der Waals surface area contributed by atoms with Crippen LogP contribution in [0.1, 0.15) is 57.6 Å². The van der Waals surface area contributed by atoms with Crippen molar-refractivity contribution in [2.24, 2.45) is 11.8 Å². The predicted molar refractivity (Wildman–Crippen MR) is 201 cm³/mol. The van der Waals surface area contributed by atoms with Gasteiger partial charge in [0, 0.05) is 55.0 Å². The molecule has 2 aromatic carbocycles. The number of aromatic nitrogens is 5. The molecular weight excluding hydrogens is 674 g/mol. The van der Waals surface area contributed by atoms with Gasteiger partial charge in [-0.2, -0.15) is 5.21 Å². The van der Waals surface area contributed by atoms with Crippen LogP contribution in [0.5, 0.6) is 0 Å². The molecule has 1 saturated heterocycles. The summed E-state index contributed by atoms with van der Waals surface area (Å²) in [6.45, 7) is 11.1. The van der Waals surface area contributed by atoms with Crippen LogP contribution >= 0.6 is 0 Å². The molecule has 14 nitrogen and oxygen atoms in total. The number of benzene rings is 2. The normalized spacial score (nSPS) is 18.2. The second-order valence-corrected chi connectivity index (χ2v) is 14.8. The van der Waals surface area contributed by atoms with Crippen molar-refractivity contribution in [1.29, 1.82) is 0 Å².